The molecule has 2 aromatic rings. The van der Waals surface area contributed by atoms with Crippen LogP contribution >= 0.6 is 11.8 Å². The van der Waals surface area contributed by atoms with Crippen molar-refractivity contribution in [2.24, 2.45) is 16.0 Å². The smallest absolute Gasteiger partial charge is 0.283 e. The molecule has 0 spiro atoms. The van der Waals surface area contributed by atoms with Gasteiger partial charge in [0.15, 0.2) is 5.84 Å². The summed E-state index contributed by atoms with van der Waals surface area (Å²) < 4.78 is 11.9. The van der Waals surface area contributed by atoms with Gasteiger partial charge < -0.3 is 9.47 Å². The molecular weight excluding hydrogens is 496 g/mol. The first-order chi connectivity index (χ1) is 18.4. The standard InChI is InChI=1S/C30H34N4O3S/c1-19(2)24-14-9-20(3)17-26(24)37-16-15-36-23-12-10-21(11-13-23)18-25-27(31)34-30(32-28(25)35)38-29(33-34)22-7-5-4-6-8-22/h9-14,17-19,22,31H,4-8,15-16H2,1-3H3. The Bertz CT molecular complexity index is 1310. The quantitative estimate of drug-likeness (QED) is 0.300. The molecule has 3 aliphatic rings. The minimum Gasteiger partial charge on any atom is -0.490 e. The molecule has 1 saturated carbocycles. The molecule has 5 rings (SSSR count). The average molecular weight is 531 g/mol. The molecule has 0 atom stereocenters. The van der Waals surface area contributed by atoms with Crippen molar-refractivity contribution >= 4 is 39.8 Å². The molecule has 38 heavy (non-hydrogen) atoms. The summed E-state index contributed by atoms with van der Waals surface area (Å²) in [6, 6.07) is 13.8. The van der Waals surface area contributed by atoms with Gasteiger partial charge in [-0.25, -0.2) is 0 Å². The number of hydrogen-bond donors (Lipinski definition) is 1. The zero-order valence-corrected chi connectivity index (χ0v) is 23.0. The number of hydrogen-bond acceptors (Lipinski definition) is 6. The van der Waals surface area contributed by atoms with E-state index in [1.54, 1.807) is 6.08 Å². The van der Waals surface area contributed by atoms with Crippen LogP contribution in [0.5, 0.6) is 11.5 Å². The van der Waals surface area contributed by atoms with Gasteiger partial charge in [0.05, 0.1) is 5.57 Å². The van der Waals surface area contributed by atoms with Gasteiger partial charge in [-0.05, 0) is 78.4 Å². The molecule has 0 aromatic heterocycles. The van der Waals surface area contributed by atoms with E-state index in [0.29, 0.717) is 36.0 Å². The summed E-state index contributed by atoms with van der Waals surface area (Å²) in [5.74, 6) is 2.09. The third-order valence-electron chi connectivity index (χ3n) is 7.02. The number of fused-ring (bicyclic) bond motifs is 1. The van der Waals surface area contributed by atoms with Gasteiger partial charge in [0.2, 0.25) is 5.17 Å². The van der Waals surface area contributed by atoms with Crippen LogP contribution in [0.1, 0.15) is 68.6 Å². The van der Waals surface area contributed by atoms with Crippen molar-refractivity contribution in [1.29, 1.82) is 5.41 Å². The molecule has 0 saturated heterocycles. The first kappa shape index (κ1) is 26.2. The van der Waals surface area contributed by atoms with Gasteiger partial charge in [0.25, 0.3) is 5.91 Å². The summed E-state index contributed by atoms with van der Waals surface area (Å²) >= 11 is 1.44. The van der Waals surface area contributed by atoms with Crippen LogP contribution in [0.25, 0.3) is 6.08 Å². The summed E-state index contributed by atoms with van der Waals surface area (Å²) in [7, 11) is 0. The Hall–Kier alpha value is -3.39. The molecule has 198 valence electrons. The van der Waals surface area contributed by atoms with E-state index < -0.39 is 5.91 Å². The fourth-order valence-corrected chi connectivity index (χ4v) is 5.96. The Kier molecular flexibility index (Phi) is 7.98. The Morgan fingerprint density at radius 3 is 2.55 bits per heavy atom. The number of thioether (sulfide) groups is 1. The van der Waals surface area contributed by atoms with E-state index in [9.17, 15) is 4.79 Å². The van der Waals surface area contributed by atoms with E-state index in [4.69, 9.17) is 14.9 Å². The third kappa shape index (κ3) is 5.85. The number of nitrogens with zero attached hydrogens (tertiary/aromatic N) is 3. The van der Waals surface area contributed by atoms with Crippen LogP contribution in [0.15, 0.2) is 58.1 Å². The highest BCUT2D eigenvalue weighted by atomic mass is 32.2. The first-order valence-electron chi connectivity index (χ1n) is 13.4. The van der Waals surface area contributed by atoms with Crippen LogP contribution in [0.4, 0.5) is 0 Å². The zero-order chi connectivity index (χ0) is 26.6. The van der Waals surface area contributed by atoms with Gasteiger partial charge in [-0.15, -0.1) is 0 Å². The number of rotatable bonds is 8. The molecule has 8 heteroatoms. The summed E-state index contributed by atoms with van der Waals surface area (Å²) in [4.78, 5) is 17.0. The van der Waals surface area contributed by atoms with Gasteiger partial charge in [0.1, 0.15) is 29.8 Å². The number of amidine groups is 2. The highest BCUT2D eigenvalue weighted by molar-refractivity contribution is 8.27. The monoisotopic (exact) mass is 530 g/mol. The van der Waals surface area contributed by atoms with Gasteiger partial charge >= 0.3 is 0 Å². The fraction of sp³-hybridized carbons (Fsp3) is 0.400. The summed E-state index contributed by atoms with van der Waals surface area (Å²) in [5, 5.41) is 16.3. The average Bonchev–Trinajstić information content (AvgIpc) is 3.34. The highest BCUT2D eigenvalue weighted by Crippen LogP contribution is 2.36. The van der Waals surface area contributed by atoms with Crippen LogP contribution in [0.2, 0.25) is 0 Å². The Balaban J connectivity index is 1.19. The van der Waals surface area contributed by atoms with Crippen LogP contribution in [0.3, 0.4) is 0 Å². The van der Waals surface area contributed by atoms with Crippen molar-refractivity contribution in [2.75, 3.05) is 13.2 Å². The molecule has 1 N–H and O–H groups in total. The largest absolute Gasteiger partial charge is 0.490 e. The number of aliphatic imine (C=N–C) groups is 1. The molecule has 7 nitrogen and oxygen atoms in total. The number of hydrazone groups is 1. The van der Waals surface area contributed by atoms with E-state index in [-0.39, 0.29) is 11.4 Å². The molecule has 0 bridgehead atoms. The molecule has 2 heterocycles. The molecule has 1 aliphatic carbocycles. The van der Waals surface area contributed by atoms with Crippen LogP contribution < -0.4 is 9.47 Å². The highest BCUT2D eigenvalue weighted by Gasteiger charge is 2.37. The van der Waals surface area contributed by atoms with Crippen molar-refractivity contribution in [3.63, 3.8) is 0 Å². The second-order valence-electron chi connectivity index (χ2n) is 10.3. The lowest BCUT2D eigenvalue weighted by Gasteiger charge is -2.20. The Morgan fingerprint density at radius 2 is 1.82 bits per heavy atom. The van der Waals surface area contributed by atoms with E-state index in [1.807, 2.05) is 24.3 Å². The number of ether oxygens (including phenoxy) is 2. The van der Waals surface area contributed by atoms with Gasteiger partial charge in [-0.2, -0.15) is 15.1 Å². The minimum atomic E-state index is -0.400. The molecule has 1 amide bonds. The molecule has 0 radical (unpaired) electrons. The molecule has 1 fully saturated rings. The lowest BCUT2D eigenvalue weighted by molar-refractivity contribution is -0.114. The van der Waals surface area contributed by atoms with E-state index in [2.05, 4.69) is 49.1 Å². The Labute approximate surface area is 228 Å². The van der Waals surface area contributed by atoms with Crippen molar-refractivity contribution in [2.45, 2.75) is 58.8 Å². The summed E-state index contributed by atoms with van der Waals surface area (Å²) in [6.07, 6.45) is 7.60. The lowest BCUT2D eigenvalue weighted by atomic mass is 9.90. The zero-order valence-electron chi connectivity index (χ0n) is 22.2. The van der Waals surface area contributed by atoms with Crippen LogP contribution in [0, 0.1) is 18.3 Å². The van der Waals surface area contributed by atoms with Crippen molar-refractivity contribution in [3.8, 4) is 11.5 Å². The SMILES string of the molecule is Cc1ccc(C(C)C)c(OCCOc2ccc(C=C3C(=N)N4N=C(C5CCCCC5)SC4=NC3=O)cc2)c1. The van der Waals surface area contributed by atoms with Crippen LogP contribution in [-0.2, 0) is 4.79 Å². The van der Waals surface area contributed by atoms with E-state index >= 15 is 0 Å². The maximum absolute atomic E-state index is 12.8. The normalized spacial score (nSPS) is 19.1. The van der Waals surface area contributed by atoms with Crippen LogP contribution in [-0.4, -0.2) is 40.2 Å². The van der Waals surface area contributed by atoms with Crippen molar-refractivity contribution in [1.82, 2.24) is 5.01 Å². The maximum atomic E-state index is 12.8. The number of carbonyl (C=O) groups excluding carboxylic acids is 1. The third-order valence-corrected chi connectivity index (χ3v) is 8.09. The van der Waals surface area contributed by atoms with Gasteiger partial charge in [0, 0.05) is 5.92 Å². The lowest BCUT2D eigenvalue weighted by Crippen LogP contribution is -2.35. The fourth-order valence-electron chi connectivity index (χ4n) is 4.90. The van der Waals surface area contributed by atoms with Gasteiger partial charge in [-0.1, -0.05) is 57.4 Å². The number of benzene rings is 2. The number of nitrogens with one attached hydrogen (secondary N) is 1. The predicted molar refractivity (Wildman–Crippen MR) is 154 cm³/mol. The Morgan fingerprint density at radius 1 is 1.08 bits per heavy atom. The summed E-state index contributed by atoms with van der Waals surface area (Å²) in [5.41, 5.74) is 3.39. The van der Waals surface area contributed by atoms with Gasteiger partial charge in [-0.3, -0.25) is 10.2 Å². The molecule has 2 aliphatic heterocycles. The molecule has 2 aromatic carbocycles. The number of amides is 1. The topological polar surface area (TPSA) is 87.3 Å². The minimum absolute atomic E-state index is 0.0766. The second kappa shape index (κ2) is 11.6. The summed E-state index contributed by atoms with van der Waals surface area (Å²) in [6.45, 7) is 7.23. The molecular formula is C30H34N4O3S. The van der Waals surface area contributed by atoms with E-state index in [1.165, 1.54) is 47.2 Å². The maximum Gasteiger partial charge on any atom is 0.283 e. The first-order valence-corrected chi connectivity index (χ1v) is 14.2. The number of carbonyl (C=O) groups is 1. The number of aryl methyl sites for hydroxylation is 1. The predicted octanol–water partition coefficient (Wildman–Crippen LogP) is 6.78. The van der Waals surface area contributed by atoms with Crippen molar-refractivity contribution < 1.29 is 14.3 Å². The molecule has 0 unspecified atom stereocenters. The van der Waals surface area contributed by atoms with E-state index in [0.717, 1.165) is 29.2 Å². The van der Waals surface area contributed by atoms with Crippen molar-refractivity contribution in [3.05, 3.63) is 64.7 Å². The second-order valence-corrected chi connectivity index (χ2v) is 11.2.